The fourth-order valence-electron chi connectivity index (χ4n) is 4.74. The van der Waals surface area contributed by atoms with Crippen molar-refractivity contribution in [2.45, 2.75) is 75.0 Å². The number of piperazine rings is 1. The monoisotopic (exact) mass is 465 g/mol. The summed E-state index contributed by atoms with van der Waals surface area (Å²) in [5.74, 6) is 0. The van der Waals surface area contributed by atoms with Crippen LogP contribution < -0.4 is 4.90 Å². The molecule has 2 aromatic rings. The highest BCUT2D eigenvalue weighted by Gasteiger charge is 2.27. The summed E-state index contributed by atoms with van der Waals surface area (Å²) < 4.78 is 0. The molecule has 4 heteroatoms. The molecule has 0 spiro atoms. The van der Waals surface area contributed by atoms with Crippen molar-refractivity contribution in [1.82, 2.24) is 9.80 Å². The molecule has 2 heterocycles. The lowest BCUT2D eigenvalue weighted by Gasteiger charge is -2.35. The van der Waals surface area contributed by atoms with E-state index in [4.69, 9.17) is 0 Å². The Morgan fingerprint density at radius 3 is 1.67 bits per heavy atom. The van der Waals surface area contributed by atoms with Gasteiger partial charge in [-0.05, 0) is 72.7 Å². The van der Waals surface area contributed by atoms with Crippen LogP contribution in [0.25, 0.3) is 0 Å². The second kappa shape index (κ2) is 9.64. The van der Waals surface area contributed by atoms with Crippen molar-refractivity contribution < 1.29 is 0 Å². The SMILES string of the molecule is CN1CCN(CCCCN2c3ccc(C(C)(C)C)cc3Sc3cc(C(C)(C)C)ccc32)CC1. The first-order chi connectivity index (χ1) is 15.5. The Hall–Kier alpha value is -1.49. The highest BCUT2D eigenvalue weighted by Crippen LogP contribution is 2.50. The first-order valence-electron chi connectivity index (χ1n) is 12.7. The molecule has 180 valence electrons. The maximum absolute atomic E-state index is 2.64. The lowest BCUT2D eigenvalue weighted by molar-refractivity contribution is 0.152. The topological polar surface area (TPSA) is 9.72 Å². The van der Waals surface area contributed by atoms with Crippen molar-refractivity contribution in [3.63, 3.8) is 0 Å². The van der Waals surface area contributed by atoms with E-state index in [1.165, 1.54) is 77.9 Å². The van der Waals surface area contributed by atoms with Crippen LogP contribution in [0.15, 0.2) is 46.2 Å². The van der Waals surface area contributed by atoms with Crippen molar-refractivity contribution in [1.29, 1.82) is 0 Å². The molecular formula is C29H43N3S. The molecule has 0 saturated carbocycles. The average molecular weight is 466 g/mol. The van der Waals surface area contributed by atoms with E-state index in [0.717, 1.165) is 6.54 Å². The van der Waals surface area contributed by atoms with E-state index in [1.807, 2.05) is 11.8 Å². The number of hydrogen-bond acceptors (Lipinski definition) is 4. The molecule has 0 bridgehead atoms. The van der Waals surface area contributed by atoms with Gasteiger partial charge in [0.15, 0.2) is 0 Å². The predicted molar refractivity (Wildman–Crippen MR) is 145 cm³/mol. The normalized spacial score (nSPS) is 17.7. The van der Waals surface area contributed by atoms with Gasteiger partial charge in [0, 0.05) is 42.5 Å². The maximum Gasteiger partial charge on any atom is 0.0553 e. The molecule has 0 amide bonds. The quantitative estimate of drug-likeness (QED) is 0.444. The Kier molecular flexibility index (Phi) is 7.19. The van der Waals surface area contributed by atoms with E-state index in [2.05, 4.69) is 99.7 Å². The van der Waals surface area contributed by atoms with Gasteiger partial charge in [0.05, 0.1) is 11.4 Å². The molecule has 0 N–H and O–H groups in total. The second-order valence-electron chi connectivity index (χ2n) is 12.0. The zero-order valence-electron chi connectivity index (χ0n) is 21.9. The summed E-state index contributed by atoms with van der Waals surface area (Å²) >= 11 is 1.95. The molecule has 0 aromatic heterocycles. The largest absolute Gasteiger partial charge is 0.340 e. The van der Waals surface area contributed by atoms with Crippen LogP contribution in [-0.4, -0.2) is 56.1 Å². The first kappa shape index (κ1) is 24.6. The van der Waals surface area contributed by atoms with Crippen LogP contribution in [0, 0.1) is 0 Å². The first-order valence-corrected chi connectivity index (χ1v) is 13.5. The van der Waals surface area contributed by atoms with Gasteiger partial charge in [0.2, 0.25) is 0 Å². The maximum atomic E-state index is 2.64. The van der Waals surface area contributed by atoms with Crippen molar-refractivity contribution >= 4 is 23.1 Å². The minimum Gasteiger partial charge on any atom is -0.340 e. The summed E-state index contributed by atoms with van der Waals surface area (Å²) in [4.78, 5) is 10.5. The predicted octanol–water partition coefficient (Wildman–Crippen LogP) is 6.91. The van der Waals surface area contributed by atoms with Gasteiger partial charge in [-0.3, -0.25) is 0 Å². The summed E-state index contributed by atoms with van der Waals surface area (Å²) in [6.45, 7) is 21.0. The molecule has 0 unspecified atom stereocenters. The molecule has 1 fully saturated rings. The number of anilines is 2. The Morgan fingerprint density at radius 2 is 1.18 bits per heavy atom. The van der Waals surface area contributed by atoms with Crippen molar-refractivity contribution in [3.8, 4) is 0 Å². The summed E-state index contributed by atoms with van der Waals surface area (Å²) in [5, 5.41) is 0. The van der Waals surface area contributed by atoms with Gasteiger partial charge >= 0.3 is 0 Å². The van der Waals surface area contributed by atoms with Crippen LogP contribution in [0.1, 0.15) is 65.5 Å². The fourth-order valence-corrected chi connectivity index (χ4v) is 5.91. The Morgan fingerprint density at radius 1 is 0.697 bits per heavy atom. The van der Waals surface area contributed by atoms with E-state index in [9.17, 15) is 0 Å². The van der Waals surface area contributed by atoms with Gasteiger partial charge < -0.3 is 14.7 Å². The number of rotatable bonds is 5. The minimum atomic E-state index is 0.163. The number of nitrogens with zero attached hydrogens (tertiary/aromatic N) is 3. The fraction of sp³-hybridized carbons (Fsp3) is 0.586. The summed E-state index contributed by atoms with van der Waals surface area (Å²) in [5.41, 5.74) is 5.91. The summed E-state index contributed by atoms with van der Waals surface area (Å²) in [7, 11) is 2.23. The molecule has 1 saturated heterocycles. The Balaban J connectivity index is 1.55. The highest BCUT2D eigenvalue weighted by molar-refractivity contribution is 7.99. The molecule has 3 nitrogen and oxygen atoms in total. The van der Waals surface area contributed by atoms with Gasteiger partial charge in [0.1, 0.15) is 0 Å². The van der Waals surface area contributed by atoms with Crippen molar-refractivity contribution in [2.24, 2.45) is 0 Å². The number of fused-ring (bicyclic) bond motifs is 2. The smallest absolute Gasteiger partial charge is 0.0553 e. The zero-order valence-corrected chi connectivity index (χ0v) is 22.7. The molecule has 0 aliphatic carbocycles. The van der Waals surface area contributed by atoms with Crippen LogP contribution in [-0.2, 0) is 10.8 Å². The van der Waals surface area contributed by atoms with Crippen LogP contribution >= 0.6 is 11.8 Å². The molecule has 4 rings (SSSR count). The lowest BCUT2D eigenvalue weighted by Crippen LogP contribution is -2.44. The number of likely N-dealkylation sites (N-methyl/N-ethyl adjacent to an activating group) is 1. The summed E-state index contributed by atoms with van der Waals surface area (Å²) in [6, 6.07) is 14.3. The molecule has 2 aromatic carbocycles. The third kappa shape index (κ3) is 5.78. The minimum absolute atomic E-state index is 0.163. The van der Waals surface area contributed by atoms with Crippen molar-refractivity contribution in [3.05, 3.63) is 47.5 Å². The zero-order chi connectivity index (χ0) is 23.8. The van der Waals surface area contributed by atoms with E-state index in [-0.39, 0.29) is 10.8 Å². The Labute approximate surface area is 206 Å². The third-order valence-corrected chi connectivity index (χ3v) is 8.25. The van der Waals surface area contributed by atoms with Gasteiger partial charge in [-0.2, -0.15) is 0 Å². The Bertz CT molecular complexity index is 898. The van der Waals surface area contributed by atoms with Crippen molar-refractivity contribution in [2.75, 3.05) is 51.2 Å². The van der Waals surface area contributed by atoms with Crippen LogP contribution in [0.3, 0.4) is 0 Å². The second-order valence-corrected chi connectivity index (χ2v) is 13.1. The van der Waals surface area contributed by atoms with Crippen LogP contribution in [0.5, 0.6) is 0 Å². The van der Waals surface area contributed by atoms with Gasteiger partial charge in [0.25, 0.3) is 0 Å². The van der Waals surface area contributed by atoms with E-state index < -0.39 is 0 Å². The molecule has 2 aliphatic heterocycles. The highest BCUT2D eigenvalue weighted by atomic mass is 32.2. The van der Waals surface area contributed by atoms with E-state index >= 15 is 0 Å². The van der Waals surface area contributed by atoms with Gasteiger partial charge in [-0.25, -0.2) is 0 Å². The lowest BCUT2D eigenvalue weighted by atomic mass is 9.86. The van der Waals surface area contributed by atoms with Crippen LogP contribution in [0.4, 0.5) is 11.4 Å². The van der Waals surface area contributed by atoms with E-state index in [1.54, 1.807) is 0 Å². The molecular weight excluding hydrogens is 422 g/mol. The van der Waals surface area contributed by atoms with Crippen LogP contribution in [0.2, 0.25) is 0 Å². The third-order valence-electron chi connectivity index (χ3n) is 7.16. The molecule has 33 heavy (non-hydrogen) atoms. The van der Waals surface area contributed by atoms with E-state index in [0.29, 0.717) is 0 Å². The number of benzene rings is 2. The van der Waals surface area contributed by atoms with Gasteiger partial charge in [-0.1, -0.05) is 65.4 Å². The molecule has 2 aliphatic rings. The molecule has 0 atom stereocenters. The summed E-state index contributed by atoms with van der Waals surface area (Å²) in [6.07, 6.45) is 2.48. The van der Waals surface area contributed by atoms with Gasteiger partial charge in [-0.15, -0.1) is 0 Å². The average Bonchev–Trinajstić information content (AvgIpc) is 2.75. The standard InChI is InChI=1S/C29H43N3S/c1-28(2,3)22-10-12-24-26(20-22)33-27-21-23(29(4,5)6)11-13-25(27)32(24)15-9-8-14-31-18-16-30(7)17-19-31/h10-13,20-21H,8-9,14-19H2,1-7H3. The number of hydrogen-bond donors (Lipinski definition) is 0. The molecule has 0 radical (unpaired) electrons. The number of unbranched alkanes of at least 4 members (excludes halogenated alkanes) is 1.